The Labute approximate surface area is 188 Å². The summed E-state index contributed by atoms with van der Waals surface area (Å²) in [6, 6.07) is 9.82. The molecular formula is C21H19ClN2O6S. The zero-order chi connectivity index (χ0) is 22.5. The molecule has 0 atom stereocenters. The van der Waals surface area contributed by atoms with E-state index in [1.54, 1.807) is 36.4 Å². The summed E-state index contributed by atoms with van der Waals surface area (Å²) >= 11 is 6.80. The van der Waals surface area contributed by atoms with Crippen LogP contribution in [0.1, 0.15) is 5.56 Å². The van der Waals surface area contributed by atoms with Crippen molar-refractivity contribution in [3.8, 4) is 17.2 Å². The number of carbonyl (C=O) groups excluding carboxylic acids is 3. The first kappa shape index (κ1) is 22.5. The lowest BCUT2D eigenvalue weighted by Crippen LogP contribution is -2.36. The number of nitrogens with zero attached hydrogens (tertiary/aromatic N) is 1. The predicted molar refractivity (Wildman–Crippen MR) is 119 cm³/mol. The maximum Gasteiger partial charge on any atom is 0.294 e. The molecule has 162 valence electrons. The van der Waals surface area contributed by atoms with Crippen molar-refractivity contribution in [2.45, 2.75) is 0 Å². The van der Waals surface area contributed by atoms with E-state index in [1.165, 1.54) is 27.4 Å². The molecule has 3 amide bonds. The molecule has 0 bridgehead atoms. The number of carbonyl (C=O) groups is 3. The van der Waals surface area contributed by atoms with Gasteiger partial charge in [0.05, 0.1) is 31.3 Å². The molecule has 0 unspecified atom stereocenters. The first-order valence-electron chi connectivity index (χ1n) is 8.96. The highest BCUT2D eigenvalue weighted by molar-refractivity contribution is 8.18. The molecule has 0 aromatic heterocycles. The number of anilines is 1. The minimum absolute atomic E-state index is 0.195. The van der Waals surface area contributed by atoms with Crippen LogP contribution in [0, 0.1) is 0 Å². The molecule has 1 N–H and O–H groups in total. The Bertz CT molecular complexity index is 1050. The Hall–Kier alpha value is -3.17. The molecule has 8 nitrogen and oxygen atoms in total. The molecule has 0 spiro atoms. The number of nitrogens with one attached hydrogen (secondary N) is 1. The Kier molecular flexibility index (Phi) is 7.09. The van der Waals surface area contributed by atoms with Crippen molar-refractivity contribution in [3.05, 3.63) is 51.9 Å². The normalized spacial score (nSPS) is 14.7. The number of methoxy groups -OCH3 is 3. The Morgan fingerprint density at radius 1 is 1.06 bits per heavy atom. The zero-order valence-electron chi connectivity index (χ0n) is 16.9. The van der Waals surface area contributed by atoms with E-state index in [1.807, 2.05) is 0 Å². The molecule has 10 heteroatoms. The van der Waals surface area contributed by atoms with Crippen LogP contribution < -0.4 is 19.5 Å². The van der Waals surface area contributed by atoms with Crippen molar-refractivity contribution in [1.82, 2.24) is 4.90 Å². The Morgan fingerprint density at radius 3 is 2.32 bits per heavy atom. The van der Waals surface area contributed by atoms with Gasteiger partial charge in [0.1, 0.15) is 23.8 Å². The van der Waals surface area contributed by atoms with Gasteiger partial charge in [-0.1, -0.05) is 11.6 Å². The van der Waals surface area contributed by atoms with Crippen molar-refractivity contribution in [2.24, 2.45) is 0 Å². The number of halogens is 1. The molecule has 1 aliphatic rings. The largest absolute Gasteiger partial charge is 0.497 e. The molecule has 0 saturated carbocycles. The van der Waals surface area contributed by atoms with E-state index in [2.05, 4.69) is 5.32 Å². The topological polar surface area (TPSA) is 94.2 Å². The van der Waals surface area contributed by atoms with Crippen LogP contribution in [-0.2, 0) is 9.59 Å². The summed E-state index contributed by atoms with van der Waals surface area (Å²) in [6.45, 7) is -0.424. The third-order valence-corrected chi connectivity index (χ3v) is 5.49. The maximum absolute atomic E-state index is 12.7. The van der Waals surface area contributed by atoms with E-state index in [0.717, 1.165) is 16.7 Å². The van der Waals surface area contributed by atoms with Gasteiger partial charge in [-0.05, 0) is 53.7 Å². The molecule has 31 heavy (non-hydrogen) atoms. The standard InChI is InChI=1S/C21H19ClN2O6S/c1-28-14-6-12(7-15(10-14)29-2)8-18-20(26)24(21(27)31-18)11-19(25)23-13-4-5-17(30-3)16(22)9-13/h4-10H,11H2,1-3H3,(H,23,25)/b18-8+. The van der Waals surface area contributed by atoms with Gasteiger partial charge in [-0.15, -0.1) is 0 Å². The van der Waals surface area contributed by atoms with Gasteiger partial charge in [0.15, 0.2) is 0 Å². The fourth-order valence-corrected chi connectivity index (χ4v) is 3.88. The van der Waals surface area contributed by atoms with Crippen molar-refractivity contribution in [3.63, 3.8) is 0 Å². The fraction of sp³-hybridized carbons (Fsp3) is 0.190. The average Bonchev–Trinajstić information content (AvgIpc) is 3.00. The first-order valence-corrected chi connectivity index (χ1v) is 10.2. The van der Waals surface area contributed by atoms with Crippen LogP contribution in [0.5, 0.6) is 17.2 Å². The third-order valence-electron chi connectivity index (χ3n) is 4.28. The summed E-state index contributed by atoms with van der Waals surface area (Å²) in [5, 5.41) is 2.40. The molecule has 1 saturated heterocycles. The van der Waals surface area contributed by atoms with E-state index in [9.17, 15) is 14.4 Å². The number of hydrogen-bond donors (Lipinski definition) is 1. The van der Waals surface area contributed by atoms with E-state index < -0.39 is 23.6 Å². The lowest BCUT2D eigenvalue weighted by molar-refractivity contribution is -0.127. The third kappa shape index (κ3) is 5.31. The molecule has 0 radical (unpaired) electrons. The predicted octanol–water partition coefficient (Wildman–Crippen LogP) is 4.04. The van der Waals surface area contributed by atoms with Crippen molar-refractivity contribution in [2.75, 3.05) is 33.2 Å². The number of ether oxygens (including phenoxy) is 3. The molecule has 1 heterocycles. The SMILES string of the molecule is COc1cc(/C=C2/SC(=O)N(CC(=O)Nc3ccc(OC)c(Cl)c3)C2=O)cc(OC)c1. The zero-order valence-corrected chi connectivity index (χ0v) is 18.5. The van der Waals surface area contributed by atoms with E-state index >= 15 is 0 Å². The number of amides is 3. The van der Waals surface area contributed by atoms with Crippen molar-refractivity contribution < 1.29 is 28.6 Å². The smallest absolute Gasteiger partial charge is 0.294 e. The number of benzene rings is 2. The van der Waals surface area contributed by atoms with Crippen LogP contribution in [0.25, 0.3) is 6.08 Å². The van der Waals surface area contributed by atoms with Gasteiger partial charge in [-0.25, -0.2) is 0 Å². The average molecular weight is 463 g/mol. The molecule has 1 fully saturated rings. The van der Waals surface area contributed by atoms with Crippen molar-refractivity contribution >= 4 is 52.2 Å². The van der Waals surface area contributed by atoms with Gasteiger partial charge in [0.25, 0.3) is 11.1 Å². The maximum atomic E-state index is 12.7. The molecule has 2 aromatic carbocycles. The highest BCUT2D eigenvalue weighted by Gasteiger charge is 2.36. The van der Waals surface area contributed by atoms with Crippen molar-refractivity contribution in [1.29, 1.82) is 0 Å². The van der Waals surface area contributed by atoms with Crippen LogP contribution in [-0.4, -0.2) is 49.8 Å². The van der Waals surface area contributed by atoms with E-state index in [0.29, 0.717) is 33.5 Å². The molecule has 3 rings (SSSR count). The van der Waals surface area contributed by atoms with Crippen LogP contribution in [0.15, 0.2) is 41.3 Å². The first-order chi connectivity index (χ1) is 14.8. The molecule has 2 aromatic rings. The number of hydrogen-bond acceptors (Lipinski definition) is 7. The quantitative estimate of drug-likeness (QED) is 0.620. The second kappa shape index (κ2) is 9.76. The summed E-state index contributed by atoms with van der Waals surface area (Å²) < 4.78 is 15.5. The van der Waals surface area contributed by atoms with Crippen LogP contribution >= 0.6 is 23.4 Å². The molecule has 1 aliphatic heterocycles. The summed E-state index contributed by atoms with van der Waals surface area (Å²) in [7, 11) is 4.51. The number of rotatable bonds is 7. The fourth-order valence-electron chi connectivity index (χ4n) is 2.79. The minimum Gasteiger partial charge on any atom is -0.497 e. The van der Waals surface area contributed by atoms with E-state index in [-0.39, 0.29) is 4.91 Å². The van der Waals surface area contributed by atoms with Gasteiger partial charge in [0, 0.05) is 11.8 Å². The van der Waals surface area contributed by atoms with Crippen LogP contribution in [0.4, 0.5) is 10.5 Å². The van der Waals surface area contributed by atoms with Crippen LogP contribution in [0.2, 0.25) is 5.02 Å². The van der Waals surface area contributed by atoms with Gasteiger partial charge >= 0.3 is 0 Å². The summed E-state index contributed by atoms with van der Waals surface area (Å²) in [5.74, 6) is 0.460. The molecular weight excluding hydrogens is 444 g/mol. The number of imide groups is 1. The molecule has 0 aliphatic carbocycles. The highest BCUT2D eigenvalue weighted by atomic mass is 35.5. The second-order valence-electron chi connectivity index (χ2n) is 6.31. The van der Waals surface area contributed by atoms with Gasteiger partial charge in [-0.2, -0.15) is 0 Å². The summed E-state index contributed by atoms with van der Waals surface area (Å²) in [4.78, 5) is 38.5. The van der Waals surface area contributed by atoms with E-state index in [4.69, 9.17) is 25.8 Å². The number of thioether (sulfide) groups is 1. The lowest BCUT2D eigenvalue weighted by Gasteiger charge is -2.13. The second-order valence-corrected chi connectivity index (χ2v) is 7.71. The Morgan fingerprint density at radius 2 is 1.74 bits per heavy atom. The van der Waals surface area contributed by atoms with Gasteiger partial charge in [-0.3, -0.25) is 19.3 Å². The van der Waals surface area contributed by atoms with Crippen LogP contribution in [0.3, 0.4) is 0 Å². The minimum atomic E-state index is -0.556. The summed E-state index contributed by atoms with van der Waals surface area (Å²) in [6.07, 6.45) is 1.55. The highest BCUT2D eigenvalue weighted by Crippen LogP contribution is 2.34. The lowest BCUT2D eigenvalue weighted by atomic mass is 10.2. The van der Waals surface area contributed by atoms with Gasteiger partial charge < -0.3 is 19.5 Å². The summed E-state index contributed by atoms with van der Waals surface area (Å²) in [5.41, 5.74) is 1.04. The Balaban J connectivity index is 1.72. The van der Waals surface area contributed by atoms with Gasteiger partial charge in [0.2, 0.25) is 5.91 Å². The monoisotopic (exact) mass is 462 g/mol.